The monoisotopic (exact) mass is 446 g/mol. The molecule has 0 saturated carbocycles. The van der Waals surface area contributed by atoms with E-state index < -0.39 is 21.8 Å². The maximum Gasteiger partial charge on any atom is 0.416 e. The van der Waals surface area contributed by atoms with Crippen LogP contribution in [0.1, 0.15) is 16.8 Å². The molecule has 0 radical (unpaired) electrons. The highest BCUT2D eigenvalue weighted by molar-refractivity contribution is 7.90. The summed E-state index contributed by atoms with van der Waals surface area (Å²) in [6.45, 7) is 0. The van der Waals surface area contributed by atoms with Crippen LogP contribution in [0.3, 0.4) is 0 Å². The molecule has 160 valence electrons. The van der Waals surface area contributed by atoms with Crippen molar-refractivity contribution in [2.24, 2.45) is 0 Å². The van der Waals surface area contributed by atoms with Gasteiger partial charge in [-0.3, -0.25) is 0 Å². The standard InChI is InChI=1S/C22H17F3N2O3S/c1-30-21-10-8-19(14-26-21)31(28,29)27-18(11-15-5-3-2-4-6-15)13-16-12-17(22(23,24)25)7-9-20(16)27/h2-10,12-14H,11H2,1H3. The SMILES string of the molecule is COc1ccc(S(=O)(=O)n2c(Cc3ccccc3)cc3cc(C(F)(F)F)ccc32)cn1. The molecule has 0 amide bonds. The predicted octanol–water partition coefficient (Wildman–Crippen LogP) is 4.89. The molecular weight excluding hydrogens is 429 g/mol. The molecule has 2 aromatic carbocycles. The Kier molecular flexibility index (Phi) is 5.22. The van der Waals surface area contributed by atoms with E-state index >= 15 is 0 Å². The smallest absolute Gasteiger partial charge is 0.416 e. The fourth-order valence-electron chi connectivity index (χ4n) is 3.38. The number of fused-ring (bicyclic) bond motifs is 1. The lowest BCUT2D eigenvalue weighted by molar-refractivity contribution is -0.137. The van der Waals surface area contributed by atoms with E-state index in [2.05, 4.69) is 4.98 Å². The first-order chi connectivity index (χ1) is 14.7. The number of pyridine rings is 1. The molecule has 0 aliphatic carbocycles. The summed E-state index contributed by atoms with van der Waals surface area (Å²) in [6.07, 6.45) is -3.15. The summed E-state index contributed by atoms with van der Waals surface area (Å²) >= 11 is 0. The summed E-state index contributed by atoms with van der Waals surface area (Å²) < 4.78 is 72.6. The highest BCUT2D eigenvalue weighted by Gasteiger charge is 2.32. The van der Waals surface area contributed by atoms with E-state index in [-0.39, 0.29) is 28.1 Å². The Morgan fingerprint density at radius 1 is 1.00 bits per heavy atom. The number of benzene rings is 2. The lowest BCUT2D eigenvalue weighted by atomic mass is 10.1. The van der Waals surface area contributed by atoms with Crippen LogP contribution in [-0.4, -0.2) is 24.5 Å². The topological polar surface area (TPSA) is 61.2 Å². The Bertz CT molecular complexity index is 1330. The van der Waals surface area contributed by atoms with Gasteiger partial charge in [0.1, 0.15) is 4.90 Å². The summed E-state index contributed by atoms with van der Waals surface area (Å²) in [6, 6.07) is 16.4. The van der Waals surface area contributed by atoms with Crippen molar-refractivity contribution in [2.45, 2.75) is 17.5 Å². The number of ether oxygens (including phenoxy) is 1. The quantitative estimate of drug-likeness (QED) is 0.438. The first-order valence-corrected chi connectivity index (χ1v) is 10.7. The third kappa shape index (κ3) is 4.00. The first-order valence-electron chi connectivity index (χ1n) is 9.21. The molecule has 0 N–H and O–H groups in total. The van der Waals surface area contributed by atoms with E-state index in [1.165, 1.54) is 31.4 Å². The molecule has 31 heavy (non-hydrogen) atoms. The predicted molar refractivity (Wildman–Crippen MR) is 110 cm³/mol. The number of alkyl halides is 3. The normalized spacial score (nSPS) is 12.3. The molecule has 2 heterocycles. The minimum absolute atomic E-state index is 0.0972. The number of halogens is 3. The van der Waals surface area contributed by atoms with Crippen LogP contribution in [0, 0.1) is 0 Å². The molecule has 0 aliphatic rings. The first kappa shape index (κ1) is 20.9. The van der Waals surface area contributed by atoms with Gasteiger partial charge in [0, 0.05) is 23.6 Å². The van der Waals surface area contributed by atoms with Gasteiger partial charge in [0.2, 0.25) is 5.88 Å². The van der Waals surface area contributed by atoms with Crippen LogP contribution < -0.4 is 4.74 Å². The van der Waals surface area contributed by atoms with Gasteiger partial charge in [-0.1, -0.05) is 30.3 Å². The molecule has 2 aromatic heterocycles. The van der Waals surface area contributed by atoms with Gasteiger partial charge in [-0.15, -0.1) is 0 Å². The molecular formula is C22H17F3N2O3S. The lowest BCUT2D eigenvalue weighted by Crippen LogP contribution is -2.16. The van der Waals surface area contributed by atoms with Gasteiger partial charge in [0.15, 0.2) is 0 Å². The molecule has 0 fully saturated rings. The van der Waals surface area contributed by atoms with E-state index in [0.717, 1.165) is 27.9 Å². The van der Waals surface area contributed by atoms with Gasteiger partial charge in [0.25, 0.3) is 10.0 Å². The summed E-state index contributed by atoms with van der Waals surface area (Å²) in [7, 11) is -2.72. The molecule has 0 atom stereocenters. The Morgan fingerprint density at radius 3 is 2.35 bits per heavy atom. The molecule has 0 aliphatic heterocycles. The number of hydrogen-bond donors (Lipinski definition) is 0. The van der Waals surface area contributed by atoms with E-state index in [1.54, 1.807) is 0 Å². The summed E-state index contributed by atoms with van der Waals surface area (Å²) in [4.78, 5) is 3.85. The lowest BCUT2D eigenvalue weighted by Gasteiger charge is -2.13. The van der Waals surface area contributed by atoms with Gasteiger partial charge in [-0.2, -0.15) is 13.2 Å². The third-order valence-electron chi connectivity index (χ3n) is 4.84. The molecule has 0 bridgehead atoms. The highest BCUT2D eigenvalue weighted by atomic mass is 32.2. The van der Waals surface area contributed by atoms with Crippen molar-refractivity contribution in [1.29, 1.82) is 0 Å². The van der Waals surface area contributed by atoms with Gasteiger partial charge < -0.3 is 4.74 Å². The van der Waals surface area contributed by atoms with Crippen molar-refractivity contribution in [3.8, 4) is 5.88 Å². The summed E-state index contributed by atoms with van der Waals surface area (Å²) in [5.41, 5.74) is 0.490. The molecule has 5 nitrogen and oxygen atoms in total. The number of hydrogen-bond acceptors (Lipinski definition) is 4. The Balaban J connectivity index is 1.92. The Hall–Kier alpha value is -3.33. The Labute approximate surface area is 176 Å². The molecule has 4 rings (SSSR count). The second kappa shape index (κ2) is 7.73. The van der Waals surface area contributed by atoms with Gasteiger partial charge >= 0.3 is 6.18 Å². The summed E-state index contributed by atoms with van der Waals surface area (Å²) in [5, 5.41) is 0.186. The van der Waals surface area contributed by atoms with Crippen LogP contribution in [0.15, 0.2) is 77.8 Å². The number of nitrogens with zero attached hydrogens (tertiary/aromatic N) is 2. The number of aromatic nitrogens is 2. The molecule has 4 aromatic rings. The number of methoxy groups -OCH3 is 1. The van der Waals surface area contributed by atoms with Crippen LogP contribution in [0.25, 0.3) is 10.9 Å². The zero-order valence-corrected chi connectivity index (χ0v) is 17.1. The van der Waals surface area contributed by atoms with Gasteiger partial charge in [0.05, 0.1) is 24.4 Å². The van der Waals surface area contributed by atoms with Crippen LogP contribution in [0.2, 0.25) is 0 Å². The second-order valence-electron chi connectivity index (χ2n) is 6.88. The molecule has 0 spiro atoms. The van der Waals surface area contributed by atoms with Crippen LogP contribution in [0.4, 0.5) is 13.2 Å². The third-order valence-corrected chi connectivity index (χ3v) is 6.59. The largest absolute Gasteiger partial charge is 0.481 e. The van der Waals surface area contributed by atoms with E-state index in [4.69, 9.17) is 4.74 Å². The van der Waals surface area contributed by atoms with Crippen molar-refractivity contribution in [3.63, 3.8) is 0 Å². The van der Waals surface area contributed by atoms with Gasteiger partial charge in [-0.25, -0.2) is 17.4 Å². The van der Waals surface area contributed by atoms with Crippen molar-refractivity contribution in [3.05, 3.63) is 89.7 Å². The zero-order chi connectivity index (χ0) is 22.2. The van der Waals surface area contributed by atoms with Crippen molar-refractivity contribution >= 4 is 20.9 Å². The maximum atomic E-state index is 13.5. The van der Waals surface area contributed by atoms with Crippen molar-refractivity contribution < 1.29 is 26.3 Å². The summed E-state index contributed by atoms with van der Waals surface area (Å²) in [5.74, 6) is 0.246. The minimum Gasteiger partial charge on any atom is -0.481 e. The van der Waals surface area contributed by atoms with Gasteiger partial charge in [-0.05, 0) is 35.9 Å². The zero-order valence-electron chi connectivity index (χ0n) is 16.3. The number of rotatable bonds is 5. The van der Waals surface area contributed by atoms with Crippen LogP contribution in [-0.2, 0) is 22.6 Å². The average molecular weight is 446 g/mol. The molecule has 0 saturated heterocycles. The second-order valence-corrected chi connectivity index (χ2v) is 8.66. The van der Waals surface area contributed by atoms with Crippen molar-refractivity contribution in [2.75, 3.05) is 7.11 Å². The fraction of sp³-hybridized carbons (Fsp3) is 0.136. The highest BCUT2D eigenvalue weighted by Crippen LogP contribution is 2.34. The maximum absolute atomic E-state index is 13.5. The van der Waals surface area contributed by atoms with Crippen LogP contribution >= 0.6 is 0 Å². The van der Waals surface area contributed by atoms with Crippen molar-refractivity contribution in [1.82, 2.24) is 8.96 Å². The fourth-order valence-corrected chi connectivity index (χ4v) is 4.87. The van der Waals surface area contributed by atoms with E-state index in [9.17, 15) is 21.6 Å². The van der Waals surface area contributed by atoms with E-state index in [0.29, 0.717) is 5.69 Å². The van der Waals surface area contributed by atoms with E-state index in [1.807, 2.05) is 30.3 Å². The average Bonchev–Trinajstić information content (AvgIpc) is 3.11. The molecule has 9 heteroatoms. The molecule has 0 unspecified atom stereocenters. The van der Waals surface area contributed by atoms with Crippen LogP contribution in [0.5, 0.6) is 5.88 Å². The Morgan fingerprint density at radius 2 is 1.74 bits per heavy atom. The minimum atomic E-state index is -4.53.